The van der Waals surface area contributed by atoms with Gasteiger partial charge in [0.15, 0.2) is 0 Å². The van der Waals surface area contributed by atoms with Gasteiger partial charge in [-0.1, -0.05) is 61.5 Å². The molecule has 96 valence electrons. The minimum atomic E-state index is 0.273. The van der Waals surface area contributed by atoms with Crippen LogP contribution in [0.3, 0.4) is 0 Å². The molecule has 0 spiro atoms. The maximum absolute atomic E-state index is 6.07. The van der Waals surface area contributed by atoms with E-state index < -0.39 is 0 Å². The number of pyridine rings is 1. The molecule has 0 amide bonds. The second-order valence-corrected chi connectivity index (χ2v) is 5.27. The third-order valence-corrected chi connectivity index (χ3v) is 3.97. The van der Waals surface area contributed by atoms with E-state index in [1.807, 2.05) is 0 Å². The number of hydrogen-bond donors (Lipinski definition) is 1. The van der Waals surface area contributed by atoms with Gasteiger partial charge in [-0.2, -0.15) is 0 Å². The summed E-state index contributed by atoms with van der Waals surface area (Å²) in [6.07, 6.45) is 2.23. The van der Waals surface area contributed by atoms with Crippen molar-refractivity contribution in [3.05, 3.63) is 21.3 Å². The number of nitrogens with zero attached hydrogens (tertiary/aromatic N) is 1. The molecule has 0 saturated carbocycles. The highest BCUT2D eigenvalue weighted by atomic mass is 35.5. The minimum Gasteiger partial charge on any atom is -0.366 e. The molecule has 0 aliphatic rings. The van der Waals surface area contributed by atoms with E-state index in [0.29, 0.717) is 27.8 Å². The van der Waals surface area contributed by atoms with Crippen LogP contribution < -0.4 is 5.32 Å². The summed E-state index contributed by atoms with van der Waals surface area (Å²) in [6, 6.07) is 1.91. The SMILES string of the molecule is CCC(CC)C(C)Nc1nc(Cl)c(Cl)cc1Cl. The van der Waals surface area contributed by atoms with Crippen molar-refractivity contribution in [2.24, 2.45) is 5.92 Å². The molecule has 2 nitrogen and oxygen atoms in total. The Balaban J connectivity index is 2.84. The number of hydrogen-bond acceptors (Lipinski definition) is 2. The number of halogens is 3. The largest absolute Gasteiger partial charge is 0.366 e. The van der Waals surface area contributed by atoms with Crippen molar-refractivity contribution >= 4 is 40.6 Å². The van der Waals surface area contributed by atoms with E-state index in [-0.39, 0.29) is 5.15 Å². The molecular weight excluding hydrogens is 279 g/mol. The predicted molar refractivity (Wildman–Crippen MR) is 76.4 cm³/mol. The van der Waals surface area contributed by atoms with Crippen molar-refractivity contribution < 1.29 is 0 Å². The molecule has 0 aliphatic heterocycles. The molecule has 0 bridgehead atoms. The zero-order chi connectivity index (χ0) is 13.0. The minimum absolute atomic E-state index is 0.273. The zero-order valence-electron chi connectivity index (χ0n) is 10.2. The van der Waals surface area contributed by atoms with Crippen LogP contribution in [0.25, 0.3) is 0 Å². The molecule has 0 radical (unpaired) electrons. The van der Waals surface area contributed by atoms with Crippen molar-refractivity contribution in [3.8, 4) is 0 Å². The quantitative estimate of drug-likeness (QED) is 0.748. The average Bonchev–Trinajstić information content (AvgIpc) is 2.27. The molecule has 1 N–H and O–H groups in total. The molecule has 1 rings (SSSR count). The van der Waals surface area contributed by atoms with E-state index in [4.69, 9.17) is 34.8 Å². The van der Waals surface area contributed by atoms with Crippen molar-refractivity contribution in [1.29, 1.82) is 0 Å². The Hall–Kier alpha value is -0.180. The lowest BCUT2D eigenvalue weighted by atomic mass is 9.95. The fourth-order valence-electron chi connectivity index (χ4n) is 1.87. The Morgan fingerprint density at radius 1 is 1.18 bits per heavy atom. The maximum atomic E-state index is 6.07. The van der Waals surface area contributed by atoms with Crippen LogP contribution >= 0.6 is 34.8 Å². The highest BCUT2D eigenvalue weighted by molar-refractivity contribution is 6.42. The lowest BCUT2D eigenvalue weighted by molar-refractivity contribution is 0.437. The monoisotopic (exact) mass is 294 g/mol. The Labute approximate surface area is 118 Å². The number of nitrogens with one attached hydrogen (secondary N) is 1. The maximum Gasteiger partial charge on any atom is 0.150 e. The standard InChI is InChI=1S/C12H17Cl3N2/c1-4-8(5-2)7(3)16-12-10(14)6-9(13)11(15)17-12/h6-8H,4-5H2,1-3H3,(H,16,17). The number of rotatable bonds is 5. The molecule has 0 fully saturated rings. The zero-order valence-corrected chi connectivity index (χ0v) is 12.5. The molecule has 1 atom stereocenters. The second-order valence-electron chi connectivity index (χ2n) is 4.10. The molecule has 1 aromatic rings. The van der Waals surface area contributed by atoms with E-state index in [1.54, 1.807) is 6.07 Å². The average molecular weight is 296 g/mol. The molecule has 0 saturated heterocycles. The highest BCUT2D eigenvalue weighted by Gasteiger charge is 2.16. The first-order valence-electron chi connectivity index (χ1n) is 5.77. The molecule has 0 aliphatic carbocycles. The van der Waals surface area contributed by atoms with Gasteiger partial charge in [0.1, 0.15) is 11.0 Å². The normalized spacial score (nSPS) is 12.9. The molecule has 5 heteroatoms. The fraction of sp³-hybridized carbons (Fsp3) is 0.583. The van der Waals surface area contributed by atoms with Crippen LogP contribution in [0, 0.1) is 5.92 Å². The van der Waals surface area contributed by atoms with Gasteiger partial charge < -0.3 is 5.32 Å². The first kappa shape index (κ1) is 14.9. The first-order chi connectivity index (χ1) is 7.99. The van der Waals surface area contributed by atoms with Gasteiger partial charge in [-0.15, -0.1) is 0 Å². The van der Waals surface area contributed by atoms with Gasteiger partial charge in [0.2, 0.25) is 0 Å². The van der Waals surface area contributed by atoms with Gasteiger partial charge >= 0.3 is 0 Å². The molecule has 0 aromatic carbocycles. The summed E-state index contributed by atoms with van der Waals surface area (Å²) < 4.78 is 0. The Morgan fingerprint density at radius 2 is 1.76 bits per heavy atom. The van der Waals surface area contributed by atoms with Crippen LogP contribution in [-0.2, 0) is 0 Å². The highest BCUT2D eigenvalue weighted by Crippen LogP contribution is 2.30. The summed E-state index contributed by atoms with van der Waals surface area (Å²) in [5.41, 5.74) is 0. The van der Waals surface area contributed by atoms with Gasteiger partial charge in [0.05, 0.1) is 10.0 Å². The number of aromatic nitrogens is 1. The van der Waals surface area contributed by atoms with Crippen molar-refractivity contribution in [1.82, 2.24) is 4.98 Å². The van der Waals surface area contributed by atoms with Crippen molar-refractivity contribution in [2.45, 2.75) is 39.7 Å². The molecule has 1 unspecified atom stereocenters. The van der Waals surface area contributed by atoms with Crippen molar-refractivity contribution in [3.63, 3.8) is 0 Å². The van der Waals surface area contributed by atoms with Crippen LogP contribution in [0.1, 0.15) is 33.6 Å². The van der Waals surface area contributed by atoms with Gasteiger partial charge in [-0.25, -0.2) is 4.98 Å². The lowest BCUT2D eigenvalue weighted by Gasteiger charge is -2.23. The second kappa shape index (κ2) is 6.67. The third kappa shape index (κ3) is 3.90. The Morgan fingerprint density at radius 3 is 2.29 bits per heavy atom. The van der Waals surface area contributed by atoms with Crippen LogP contribution in [0.2, 0.25) is 15.2 Å². The number of anilines is 1. The van der Waals surface area contributed by atoms with Gasteiger partial charge in [0, 0.05) is 6.04 Å². The van der Waals surface area contributed by atoms with Crippen molar-refractivity contribution in [2.75, 3.05) is 5.32 Å². The van der Waals surface area contributed by atoms with Gasteiger partial charge in [-0.05, 0) is 18.9 Å². The molecule has 17 heavy (non-hydrogen) atoms. The fourth-order valence-corrected chi connectivity index (χ4v) is 2.43. The molecule has 1 aromatic heterocycles. The van der Waals surface area contributed by atoms with E-state index >= 15 is 0 Å². The smallest absolute Gasteiger partial charge is 0.150 e. The third-order valence-electron chi connectivity index (χ3n) is 3.01. The summed E-state index contributed by atoms with van der Waals surface area (Å²) in [5.74, 6) is 1.18. The topological polar surface area (TPSA) is 24.9 Å². The first-order valence-corrected chi connectivity index (χ1v) is 6.91. The van der Waals surface area contributed by atoms with Gasteiger partial charge in [0.25, 0.3) is 0 Å². The summed E-state index contributed by atoms with van der Waals surface area (Å²) in [5, 5.41) is 4.44. The Kier molecular flexibility index (Phi) is 5.84. The van der Waals surface area contributed by atoms with Crippen LogP contribution in [-0.4, -0.2) is 11.0 Å². The molecule has 1 heterocycles. The summed E-state index contributed by atoms with van der Waals surface area (Å²) in [4.78, 5) is 4.15. The van der Waals surface area contributed by atoms with E-state index in [2.05, 4.69) is 31.1 Å². The summed E-state index contributed by atoms with van der Waals surface area (Å²) in [7, 11) is 0. The van der Waals surface area contributed by atoms with E-state index in [0.717, 1.165) is 12.8 Å². The van der Waals surface area contributed by atoms with Crippen LogP contribution in [0.4, 0.5) is 5.82 Å². The predicted octanol–water partition coefficient (Wildman–Crippen LogP) is 5.28. The summed E-state index contributed by atoms with van der Waals surface area (Å²) in [6.45, 7) is 6.48. The Bertz CT molecular complexity index is 378. The van der Waals surface area contributed by atoms with E-state index in [9.17, 15) is 0 Å². The lowest BCUT2D eigenvalue weighted by Crippen LogP contribution is -2.25. The molecular formula is C12H17Cl3N2. The van der Waals surface area contributed by atoms with E-state index in [1.165, 1.54) is 0 Å². The summed E-state index contributed by atoms with van der Waals surface area (Å²) >= 11 is 17.8. The van der Waals surface area contributed by atoms with Gasteiger partial charge in [-0.3, -0.25) is 0 Å². The van der Waals surface area contributed by atoms with Crippen LogP contribution in [0.5, 0.6) is 0 Å². The van der Waals surface area contributed by atoms with Crippen LogP contribution in [0.15, 0.2) is 6.07 Å².